The summed E-state index contributed by atoms with van der Waals surface area (Å²) in [6.45, 7) is 4.44. The minimum absolute atomic E-state index is 0.000536. The Labute approximate surface area is 200 Å². The molecule has 1 aliphatic rings. The van der Waals surface area contributed by atoms with E-state index in [0.717, 1.165) is 27.5 Å². The fraction of sp³-hybridized carbons (Fsp3) is 0.200. The fourth-order valence-electron chi connectivity index (χ4n) is 3.77. The molecule has 172 valence electrons. The van der Waals surface area contributed by atoms with E-state index in [1.807, 2.05) is 47.4 Å². The molecule has 1 aliphatic heterocycles. The highest BCUT2D eigenvalue weighted by atomic mass is 32.2. The first-order valence-corrected chi connectivity index (χ1v) is 11.8. The summed E-state index contributed by atoms with van der Waals surface area (Å²) < 4.78 is 10.5. The van der Waals surface area contributed by atoms with Gasteiger partial charge in [0.05, 0.1) is 17.5 Å². The third kappa shape index (κ3) is 4.10. The van der Waals surface area contributed by atoms with Gasteiger partial charge in [0.2, 0.25) is 11.7 Å². The quantitative estimate of drug-likeness (QED) is 0.402. The lowest BCUT2D eigenvalue weighted by Gasteiger charge is -2.22. The molecule has 5 rings (SSSR count). The SMILES string of the molecule is CCCN1C(=O)c2ccccc2Sc2cc(-c3noc([C@@H](C)NC(=O)c4ccco4)n3)ccc21. The largest absolute Gasteiger partial charge is 0.459 e. The normalized spacial score (nSPS) is 13.7. The summed E-state index contributed by atoms with van der Waals surface area (Å²) in [6.07, 6.45) is 2.28. The van der Waals surface area contributed by atoms with Gasteiger partial charge in [0, 0.05) is 21.9 Å². The summed E-state index contributed by atoms with van der Waals surface area (Å²) in [5.41, 5.74) is 2.32. The molecule has 0 spiro atoms. The summed E-state index contributed by atoms with van der Waals surface area (Å²) in [5, 5.41) is 6.89. The van der Waals surface area contributed by atoms with Crippen molar-refractivity contribution in [3.05, 3.63) is 78.1 Å². The summed E-state index contributed by atoms with van der Waals surface area (Å²) >= 11 is 1.55. The van der Waals surface area contributed by atoms with E-state index in [4.69, 9.17) is 8.94 Å². The van der Waals surface area contributed by atoms with E-state index in [0.29, 0.717) is 17.9 Å². The molecular weight excluding hydrogens is 452 g/mol. The molecule has 9 heteroatoms. The van der Waals surface area contributed by atoms with Gasteiger partial charge >= 0.3 is 0 Å². The number of fused-ring (bicyclic) bond motifs is 2. The van der Waals surface area contributed by atoms with Crippen LogP contribution >= 0.6 is 11.8 Å². The number of benzene rings is 2. The Morgan fingerprint density at radius 3 is 2.79 bits per heavy atom. The predicted octanol–water partition coefficient (Wildman–Crippen LogP) is 5.34. The number of furan rings is 1. The van der Waals surface area contributed by atoms with Crippen molar-refractivity contribution in [3.8, 4) is 11.4 Å². The van der Waals surface area contributed by atoms with Gasteiger partial charge in [-0.3, -0.25) is 9.59 Å². The van der Waals surface area contributed by atoms with Crippen molar-refractivity contribution >= 4 is 29.3 Å². The number of nitrogens with one attached hydrogen (secondary N) is 1. The van der Waals surface area contributed by atoms with Crippen LogP contribution in [0.2, 0.25) is 0 Å². The Hall–Kier alpha value is -3.85. The number of nitrogens with zero attached hydrogens (tertiary/aromatic N) is 3. The van der Waals surface area contributed by atoms with Gasteiger partial charge in [-0.25, -0.2) is 0 Å². The Kier molecular flexibility index (Phi) is 5.93. The van der Waals surface area contributed by atoms with Crippen LogP contribution in [0.5, 0.6) is 0 Å². The van der Waals surface area contributed by atoms with Crippen LogP contribution in [-0.2, 0) is 0 Å². The molecule has 0 saturated carbocycles. The molecule has 2 aromatic carbocycles. The Morgan fingerprint density at radius 2 is 2.00 bits per heavy atom. The molecule has 1 N–H and O–H groups in total. The van der Waals surface area contributed by atoms with E-state index >= 15 is 0 Å². The third-order valence-electron chi connectivity index (χ3n) is 5.44. The number of carbonyl (C=O) groups is 2. The molecule has 0 radical (unpaired) electrons. The zero-order valence-corrected chi connectivity index (χ0v) is 19.5. The molecular formula is C25H22N4O4S. The Balaban J connectivity index is 1.44. The average molecular weight is 475 g/mol. The van der Waals surface area contributed by atoms with Crippen LogP contribution in [0.25, 0.3) is 11.4 Å². The van der Waals surface area contributed by atoms with Crippen LogP contribution in [0.15, 0.2) is 79.6 Å². The monoisotopic (exact) mass is 474 g/mol. The van der Waals surface area contributed by atoms with Crippen LogP contribution in [0, 0.1) is 0 Å². The Morgan fingerprint density at radius 1 is 1.15 bits per heavy atom. The van der Waals surface area contributed by atoms with Gasteiger partial charge in [-0.2, -0.15) is 4.98 Å². The topological polar surface area (TPSA) is 101 Å². The van der Waals surface area contributed by atoms with Gasteiger partial charge < -0.3 is 19.2 Å². The Bertz CT molecular complexity index is 1350. The number of rotatable bonds is 6. The zero-order valence-electron chi connectivity index (χ0n) is 18.6. The van der Waals surface area contributed by atoms with E-state index in [1.165, 1.54) is 6.26 Å². The maximum Gasteiger partial charge on any atom is 0.287 e. The predicted molar refractivity (Wildman–Crippen MR) is 127 cm³/mol. The van der Waals surface area contributed by atoms with Crippen molar-refractivity contribution in [1.29, 1.82) is 0 Å². The van der Waals surface area contributed by atoms with Gasteiger partial charge in [-0.05, 0) is 55.8 Å². The van der Waals surface area contributed by atoms with E-state index in [-0.39, 0.29) is 23.5 Å². The minimum atomic E-state index is -0.501. The molecule has 3 heterocycles. The molecule has 0 fully saturated rings. The van der Waals surface area contributed by atoms with Crippen molar-refractivity contribution in [2.75, 3.05) is 11.4 Å². The molecule has 0 saturated heterocycles. The lowest BCUT2D eigenvalue weighted by atomic mass is 10.1. The number of carbonyl (C=O) groups excluding carboxylic acids is 2. The molecule has 1 atom stereocenters. The van der Waals surface area contributed by atoms with Crippen molar-refractivity contribution in [2.45, 2.75) is 36.1 Å². The highest BCUT2D eigenvalue weighted by molar-refractivity contribution is 7.99. The van der Waals surface area contributed by atoms with E-state index in [2.05, 4.69) is 22.4 Å². The molecule has 8 nitrogen and oxygen atoms in total. The number of hydrogen-bond donors (Lipinski definition) is 1. The smallest absolute Gasteiger partial charge is 0.287 e. The second-order valence-corrected chi connectivity index (χ2v) is 8.95. The second kappa shape index (κ2) is 9.18. The second-order valence-electron chi connectivity index (χ2n) is 7.87. The van der Waals surface area contributed by atoms with Gasteiger partial charge in [0.25, 0.3) is 11.8 Å². The van der Waals surface area contributed by atoms with Crippen LogP contribution < -0.4 is 10.2 Å². The first kappa shape index (κ1) is 22.0. The summed E-state index contributed by atoms with van der Waals surface area (Å²) in [4.78, 5) is 33.6. The maximum absolute atomic E-state index is 13.2. The lowest BCUT2D eigenvalue weighted by molar-refractivity contribution is 0.0903. The first-order chi connectivity index (χ1) is 16.5. The molecule has 2 aromatic heterocycles. The van der Waals surface area contributed by atoms with Gasteiger partial charge in [-0.1, -0.05) is 36.0 Å². The molecule has 34 heavy (non-hydrogen) atoms. The summed E-state index contributed by atoms with van der Waals surface area (Å²) in [6, 6.07) is 16.1. The average Bonchev–Trinajstić information content (AvgIpc) is 3.54. The summed E-state index contributed by atoms with van der Waals surface area (Å²) in [5.74, 6) is 0.535. The van der Waals surface area contributed by atoms with Crippen LogP contribution in [-0.4, -0.2) is 28.5 Å². The standard InChI is InChI=1S/C25H22N4O4S/c1-3-12-29-18-11-10-16(14-21(18)34-20-9-5-4-7-17(20)25(29)31)22-27-24(33-28-22)15(2)26-23(30)19-8-6-13-32-19/h4-11,13-15H,3,12H2,1-2H3,(H,26,30)/t15-/m1/s1. The van der Waals surface area contributed by atoms with Crippen LogP contribution in [0.4, 0.5) is 5.69 Å². The van der Waals surface area contributed by atoms with Crippen molar-refractivity contribution < 1.29 is 18.5 Å². The summed E-state index contributed by atoms with van der Waals surface area (Å²) in [7, 11) is 0. The highest BCUT2D eigenvalue weighted by Gasteiger charge is 2.27. The van der Waals surface area contributed by atoms with Crippen molar-refractivity contribution in [3.63, 3.8) is 0 Å². The van der Waals surface area contributed by atoms with Crippen molar-refractivity contribution in [2.24, 2.45) is 0 Å². The number of amides is 2. The number of aromatic nitrogens is 2. The fourth-order valence-corrected chi connectivity index (χ4v) is 4.89. The maximum atomic E-state index is 13.2. The molecule has 0 unspecified atom stereocenters. The minimum Gasteiger partial charge on any atom is -0.459 e. The lowest BCUT2D eigenvalue weighted by Crippen LogP contribution is -2.31. The van der Waals surface area contributed by atoms with Crippen LogP contribution in [0.1, 0.15) is 53.1 Å². The highest BCUT2D eigenvalue weighted by Crippen LogP contribution is 2.42. The molecule has 0 aliphatic carbocycles. The van der Waals surface area contributed by atoms with Gasteiger partial charge in [0.15, 0.2) is 5.76 Å². The zero-order chi connectivity index (χ0) is 23.7. The third-order valence-corrected chi connectivity index (χ3v) is 6.57. The van der Waals surface area contributed by atoms with E-state index in [9.17, 15) is 9.59 Å². The number of anilines is 1. The van der Waals surface area contributed by atoms with Gasteiger partial charge in [0.1, 0.15) is 6.04 Å². The van der Waals surface area contributed by atoms with Crippen molar-refractivity contribution in [1.82, 2.24) is 15.5 Å². The first-order valence-electron chi connectivity index (χ1n) is 11.0. The molecule has 4 aromatic rings. The number of hydrogen-bond acceptors (Lipinski definition) is 7. The van der Waals surface area contributed by atoms with Crippen LogP contribution in [0.3, 0.4) is 0 Å². The van der Waals surface area contributed by atoms with Gasteiger partial charge in [-0.15, -0.1) is 0 Å². The molecule has 2 amide bonds. The van der Waals surface area contributed by atoms with E-state index < -0.39 is 6.04 Å². The molecule has 0 bridgehead atoms. The van der Waals surface area contributed by atoms with E-state index in [1.54, 1.807) is 30.8 Å².